The fraction of sp³-hybridized carbons (Fsp3) is 0.500. The van der Waals surface area contributed by atoms with Crippen LogP contribution in [0.25, 0.3) is 0 Å². The van der Waals surface area contributed by atoms with Gasteiger partial charge in [-0.25, -0.2) is 0 Å². The monoisotopic (exact) mass is 355 g/mol. The molecule has 124 valence electrons. The summed E-state index contributed by atoms with van der Waals surface area (Å²) in [5.41, 5.74) is -0.483. The van der Waals surface area contributed by atoms with E-state index in [4.69, 9.17) is 23.2 Å². The number of rotatable bonds is 3. The molecule has 0 atom stereocenters. The number of amides is 2. The van der Waals surface area contributed by atoms with Crippen LogP contribution in [0.5, 0.6) is 0 Å². The minimum atomic E-state index is -0.929. The normalized spacial score (nSPS) is 20.2. The number of carbonyl (C=O) groups is 2. The number of piperazine rings is 1. The van der Waals surface area contributed by atoms with Gasteiger partial charge in [-0.15, -0.1) is 0 Å². The number of nitrogens with one attached hydrogen (secondary N) is 1. The first-order chi connectivity index (χ1) is 10.9. The lowest BCUT2D eigenvalue weighted by atomic mass is 10.0. The second-order valence-electron chi connectivity index (χ2n) is 6.26. The van der Waals surface area contributed by atoms with Crippen LogP contribution in [0.15, 0.2) is 18.2 Å². The molecule has 2 amide bonds. The van der Waals surface area contributed by atoms with E-state index in [1.165, 1.54) is 0 Å². The van der Waals surface area contributed by atoms with Crippen LogP contribution in [0.4, 0.5) is 5.69 Å². The van der Waals surface area contributed by atoms with Crippen LogP contribution in [-0.2, 0) is 9.59 Å². The highest BCUT2D eigenvalue weighted by Gasteiger charge is 2.58. The predicted octanol–water partition coefficient (Wildman–Crippen LogP) is 2.49. The molecule has 7 heteroatoms. The smallest absolute Gasteiger partial charge is 0.240 e. The van der Waals surface area contributed by atoms with Crippen molar-refractivity contribution in [3.8, 4) is 0 Å². The van der Waals surface area contributed by atoms with Crippen LogP contribution < -0.4 is 5.32 Å². The Hall–Kier alpha value is -1.30. The van der Waals surface area contributed by atoms with Gasteiger partial charge in [0.05, 0.1) is 10.7 Å². The Morgan fingerprint density at radius 2 is 1.78 bits per heavy atom. The first-order valence-corrected chi connectivity index (χ1v) is 8.42. The summed E-state index contributed by atoms with van der Waals surface area (Å²) in [6, 6.07) is 4.88. The van der Waals surface area contributed by atoms with E-state index in [1.807, 2.05) is 7.05 Å². The number of hydrogen-bond donors (Lipinski definition) is 1. The predicted molar refractivity (Wildman–Crippen MR) is 90.8 cm³/mol. The maximum atomic E-state index is 12.8. The van der Waals surface area contributed by atoms with E-state index in [-0.39, 0.29) is 11.8 Å². The fourth-order valence-electron chi connectivity index (χ4n) is 2.81. The molecule has 0 bridgehead atoms. The largest absolute Gasteiger partial charge is 0.339 e. The van der Waals surface area contributed by atoms with Crippen LogP contribution >= 0.6 is 23.2 Å². The third-order valence-electron chi connectivity index (χ3n) is 4.56. The lowest BCUT2D eigenvalue weighted by molar-refractivity contribution is -0.143. The van der Waals surface area contributed by atoms with Gasteiger partial charge in [-0.3, -0.25) is 9.59 Å². The van der Waals surface area contributed by atoms with Crippen molar-refractivity contribution in [2.24, 2.45) is 5.41 Å². The van der Waals surface area contributed by atoms with Crippen molar-refractivity contribution in [2.75, 3.05) is 38.5 Å². The molecule has 2 aliphatic rings. The van der Waals surface area contributed by atoms with Gasteiger partial charge in [0.25, 0.3) is 0 Å². The molecule has 1 aromatic rings. The van der Waals surface area contributed by atoms with E-state index >= 15 is 0 Å². The van der Waals surface area contributed by atoms with Gasteiger partial charge in [0.15, 0.2) is 0 Å². The average Bonchev–Trinajstić information content (AvgIpc) is 3.33. The van der Waals surface area contributed by atoms with Crippen molar-refractivity contribution >= 4 is 40.7 Å². The molecule has 1 saturated heterocycles. The second-order valence-corrected chi connectivity index (χ2v) is 7.10. The summed E-state index contributed by atoms with van der Waals surface area (Å²) >= 11 is 12.0. The SMILES string of the molecule is CN1CCN(C(=O)C2(C(=O)Nc3cc(Cl)ccc3Cl)CC2)CC1. The summed E-state index contributed by atoms with van der Waals surface area (Å²) in [6.07, 6.45) is 1.17. The van der Waals surface area contributed by atoms with E-state index in [0.717, 1.165) is 13.1 Å². The van der Waals surface area contributed by atoms with E-state index in [9.17, 15) is 9.59 Å². The van der Waals surface area contributed by atoms with Gasteiger partial charge >= 0.3 is 0 Å². The zero-order chi connectivity index (χ0) is 16.6. The number of nitrogens with zero attached hydrogens (tertiary/aromatic N) is 2. The highest BCUT2D eigenvalue weighted by molar-refractivity contribution is 6.36. The quantitative estimate of drug-likeness (QED) is 0.847. The second kappa shape index (κ2) is 6.30. The molecule has 0 aromatic heterocycles. The number of anilines is 1. The Bertz CT molecular complexity index is 638. The topological polar surface area (TPSA) is 52.7 Å². The molecule has 23 heavy (non-hydrogen) atoms. The summed E-state index contributed by atoms with van der Waals surface area (Å²) in [4.78, 5) is 29.4. The molecule has 1 heterocycles. The summed E-state index contributed by atoms with van der Waals surface area (Å²) in [7, 11) is 2.03. The molecule has 2 fully saturated rings. The number of likely N-dealkylation sites (N-methyl/N-ethyl adjacent to an activating group) is 1. The standard InChI is InChI=1S/C16H19Cl2N3O2/c1-20-6-8-21(9-7-20)15(23)16(4-5-16)14(22)19-13-10-11(17)2-3-12(13)18/h2-3,10H,4-9H2,1H3,(H,19,22). The van der Waals surface area contributed by atoms with Gasteiger partial charge in [0.2, 0.25) is 11.8 Å². The zero-order valence-corrected chi connectivity index (χ0v) is 14.5. The first kappa shape index (κ1) is 16.6. The molecule has 5 nitrogen and oxygen atoms in total. The molecule has 0 spiro atoms. The van der Waals surface area contributed by atoms with Crippen LogP contribution in [0.3, 0.4) is 0 Å². The molecule has 1 aromatic carbocycles. The maximum absolute atomic E-state index is 12.8. The van der Waals surface area contributed by atoms with Crippen molar-refractivity contribution in [1.29, 1.82) is 0 Å². The number of halogens is 2. The van der Waals surface area contributed by atoms with Crippen LogP contribution in [0.1, 0.15) is 12.8 Å². The molecular formula is C16H19Cl2N3O2. The third kappa shape index (κ3) is 3.32. The Labute approximate surface area is 145 Å². The van der Waals surface area contributed by atoms with Gasteiger partial charge < -0.3 is 15.1 Å². The van der Waals surface area contributed by atoms with Crippen LogP contribution in [0.2, 0.25) is 10.0 Å². The van der Waals surface area contributed by atoms with Gasteiger partial charge in [-0.1, -0.05) is 23.2 Å². The summed E-state index contributed by atoms with van der Waals surface area (Å²) < 4.78 is 0. The lowest BCUT2D eigenvalue weighted by Gasteiger charge is -2.34. The summed E-state index contributed by atoms with van der Waals surface area (Å²) in [6.45, 7) is 3.01. The van der Waals surface area contributed by atoms with Crippen molar-refractivity contribution in [1.82, 2.24) is 9.80 Å². The number of benzene rings is 1. The Morgan fingerprint density at radius 3 is 2.39 bits per heavy atom. The van der Waals surface area contributed by atoms with E-state index < -0.39 is 5.41 Å². The van der Waals surface area contributed by atoms with Crippen LogP contribution in [0, 0.1) is 5.41 Å². The molecule has 0 radical (unpaired) electrons. The minimum absolute atomic E-state index is 0.0683. The Morgan fingerprint density at radius 1 is 1.13 bits per heavy atom. The average molecular weight is 356 g/mol. The molecule has 1 aliphatic carbocycles. The molecule has 1 aliphatic heterocycles. The Kier molecular flexibility index (Phi) is 4.54. The van der Waals surface area contributed by atoms with Crippen molar-refractivity contribution < 1.29 is 9.59 Å². The van der Waals surface area contributed by atoms with Gasteiger partial charge in [0, 0.05) is 31.2 Å². The van der Waals surface area contributed by atoms with Gasteiger partial charge in [0.1, 0.15) is 5.41 Å². The number of carbonyl (C=O) groups excluding carboxylic acids is 2. The van der Waals surface area contributed by atoms with Gasteiger partial charge in [-0.05, 0) is 38.1 Å². The fourth-order valence-corrected chi connectivity index (χ4v) is 3.15. The van der Waals surface area contributed by atoms with Gasteiger partial charge in [-0.2, -0.15) is 0 Å². The molecule has 1 saturated carbocycles. The molecular weight excluding hydrogens is 337 g/mol. The van der Waals surface area contributed by atoms with Crippen molar-refractivity contribution in [2.45, 2.75) is 12.8 Å². The first-order valence-electron chi connectivity index (χ1n) is 7.67. The van der Waals surface area contributed by atoms with Crippen LogP contribution in [-0.4, -0.2) is 54.8 Å². The molecule has 0 unspecified atom stereocenters. The maximum Gasteiger partial charge on any atom is 0.240 e. The Balaban J connectivity index is 1.71. The summed E-state index contributed by atoms with van der Waals surface area (Å²) in [5, 5.41) is 3.66. The van der Waals surface area contributed by atoms with Crippen molar-refractivity contribution in [3.05, 3.63) is 28.2 Å². The number of hydrogen-bond acceptors (Lipinski definition) is 3. The van der Waals surface area contributed by atoms with E-state index in [0.29, 0.717) is 41.7 Å². The zero-order valence-electron chi connectivity index (χ0n) is 12.9. The third-order valence-corrected chi connectivity index (χ3v) is 5.13. The van der Waals surface area contributed by atoms with E-state index in [1.54, 1.807) is 23.1 Å². The summed E-state index contributed by atoms with van der Waals surface area (Å²) in [5.74, 6) is -0.355. The highest BCUT2D eigenvalue weighted by Crippen LogP contribution is 2.48. The highest BCUT2D eigenvalue weighted by atomic mass is 35.5. The van der Waals surface area contributed by atoms with E-state index in [2.05, 4.69) is 10.2 Å². The minimum Gasteiger partial charge on any atom is -0.339 e. The molecule has 1 N–H and O–H groups in total. The van der Waals surface area contributed by atoms with Crippen molar-refractivity contribution in [3.63, 3.8) is 0 Å². The molecule has 3 rings (SSSR count). The lowest BCUT2D eigenvalue weighted by Crippen LogP contribution is -2.51.